The number of nitrogens with zero attached hydrogens (tertiary/aromatic N) is 3. The van der Waals surface area contributed by atoms with E-state index in [1.165, 1.54) is 11.8 Å². The fourth-order valence-corrected chi connectivity index (χ4v) is 3.24. The van der Waals surface area contributed by atoms with Crippen molar-refractivity contribution in [1.82, 2.24) is 14.8 Å². The van der Waals surface area contributed by atoms with Gasteiger partial charge in [-0.05, 0) is 49.2 Å². The van der Waals surface area contributed by atoms with Gasteiger partial charge in [0.05, 0.1) is 11.4 Å². The highest BCUT2D eigenvalue weighted by Crippen LogP contribution is 2.23. The number of hydrogen-bond donors (Lipinski definition) is 1. The maximum absolute atomic E-state index is 12.3. The second-order valence-corrected chi connectivity index (χ2v) is 6.93. The standard InChI is InChI=1S/C18H17ClN4OS/c1-12-5-3-8-16(13(12)2)21-17(24)10-25-18-22-20-11-23(18)15-7-4-6-14(19)9-15/h3-9,11H,10H2,1-2H3,(H,21,24). The quantitative estimate of drug-likeness (QED) is 0.679. The van der Waals surface area contributed by atoms with Gasteiger partial charge in [0.25, 0.3) is 0 Å². The van der Waals surface area contributed by atoms with Crippen LogP contribution in [0.4, 0.5) is 5.69 Å². The molecule has 7 heteroatoms. The van der Waals surface area contributed by atoms with Gasteiger partial charge in [-0.3, -0.25) is 9.36 Å². The molecule has 0 fully saturated rings. The SMILES string of the molecule is Cc1cccc(NC(=O)CSc2nncn2-c2cccc(Cl)c2)c1C. The molecular weight excluding hydrogens is 356 g/mol. The van der Waals surface area contributed by atoms with Crippen LogP contribution in [0, 0.1) is 13.8 Å². The summed E-state index contributed by atoms with van der Waals surface area (Å²) >= 11 is 7.36. The van der Waals surface area contributed by atoms with Crippen LogP contribution < -0.4 is 5.32 Å². The Labute approximate surface area is 155 Å². The monoisotopic (exact) mass is 372 g/mol. The first-order valence-corrected chi connectivity index (χ1v) is 9.06. The first-order chi connectivity index (χ1) is 12.0. The number of carbonyl (C=O) groups excluding carboxylic acids is 1. The van der Waals surface area contributed by atoms with Crippen LogP contribution in [0.15, 0.2) is 53.9 Å². The second kappa shape index (κ2) is 7.72. The van der Waals surface area contributed by atoms with Gasteiger partial charge in [0.15, 0.2) is 5.16 Å². The van der Waals surface area contributed by atoms with Gasteiger partial charge < -0.3 is 5.32 Å². The summed E-state index contributed by atoms with van der Waals surface area (Å²) in [5.41, 5.74) is 3.91. The highest BCUT2D eigenvalue weighted by atomic mass is 35.5. The van der Waals surface area contributed by atoms with Crippen molar-refractivity contribution in [3.05, 3.63) is 64.9 Å². The minimum atomic E-state index is -0.0839. The van der Waals surface area contributed by atoms with Gasteiger partial charge in [-0.15, -0.1) is 10.2 Å². The molecule has 0 bridgehead atoms. The summed E-state index contributed by atoms with van der Waals surface area (Å²) < 4.78 is 1.81. The van der Waals surface area contributed by atoms with Crippen LogP contribution in [0.3, 0.4) is 0 Å². The number of hydrogen-bond acceptors (Lipinski definition) is 4. The molecule has 2 aromatic carbocycles. The molecule has 0 unspecified atom stereocenters. The second-order valence-electron chi connectivity index (χ2n) is 5.55. The number of benzene rings is 2. The molecule has 0 radical (unpaired) electrons. The maximum atomic E-state index is 12.3. The van der Waals surface area contributed by atoms with Gasteiger partial charge in [0.1, 0.15) is 6.33 Å². The third-order valence-corrected chi connectivity index (χ3v) is 4.99. The van der Waals surface area contributed by atoms with E-state index in [1.807, 2.05) is 54.8 Å². The smallest absolute Gasteiger partial charge is 0.234 e. The largest absolute Gasteiger partial charge is 0.325 e. The molecule has 0 aliphatic rings. The number of nitrogens with one attached hydrogen (secondary N) is 1. The zero-order chi connectivity index (χ0) is 17.8. The van der Waals surface area contributed by atoms with E-state index in [1.54, 1.807) is 12.4 Å². The molecule has 5 nitrogen and oxygen atoms in total. The normalized spacial score (nSPS) is 10.7. The number of carbonyl (C=O) groups is 1. The molecule has 25 heavy (non-hydrogen) atoms. The summed E-state index contributed by atoms with van der Waals surface area (Å²) in [6.45, 7) is 4.01. The van der Waals surface area contributed by atoms with Crippen LogP contribution >= 0.6 is 23.4 Å². The molecule has 3 rings (SSSR count). The van der Waals surface area contributed by atoms with E-state index in [0.717, 1.165) is 22.5 Å². The lowest BCUT2D eigenvalue weighted by Crippen LogP contribution is -2.15. The van der Waals surface area contributed by atoms with E-state index >= 15 is 0 Å². The van der Waals surface area contributed by atoms with E-state index in [2.05, 4.69) is 15.5 Å². The van der Waals surface area contributed by atoms with Crippen molar-refractivity contribution in [3.63, 3.8) is 0 Å². The van der Waals surface area contributed by atoms with Crippen LogP contribution in [0.25, 0.3) is 5.69 Å². The average molecular weight is 373 g/mol. The molecule has 1 N–H and O–H groups in total. The maximum Gasteiger partial charge on any atom is 0.234 e. The number of halogens is 1. The van der Waals surface area contributed by atoms with Crippen molar-refractivity contribution in [3.8, 4) is 5.69 Å². The van der Waals surface area contributed by atoms with Crippen molar-refractivity contribution in [2.75, 3.05) is 11.1 Å². The Balaban J connectivity index is 1.67. The number of aryl methyl sites for hydroxylation is 1. The minimum Gasteiger partial charge on any atom is -0.325 e. The first kappa shape index (κ1) is 17.5. The highest BCUT2D eigenvalue weighted by molar-refractivity contribution is 7.99. The van der Waals surface area contributed by atoms with Crippen molar-refractivity contribution in [2.45, 2.75) is 19.0 Å². The fraction of sp³-hybridized carbons (Fsp3) is 0.167. The molecule has 0 spiro atoms. The van der Waals surface area contributed by atoms with E-state index in [9.17, 15) is 4.79 Å². The molecule has 0 saturated heterocycles. The molecule has 1 heterocycles. The van der Waals surface area contributed by atoms with E-state index < -0.39 is 0 Å². The molecular formula is C18H17ClN4OS. The Morgan fingerprint density at radius 2 is 2.04 bits per heavy atom. The number of amides is 1. The van der Waals surface area contributed by atoms with Crippen molar-refractivity contribution >= 4 is 35.0 Å². The van der Waals surface area contributed by atoms with Gasteiger partial charge in [-0.1, -0.05) is 41.6 Å². The Kier molecular flexibility index (Phi) is 5.40. The van der Waals surface area contributed by atoms with Crippen molar-refractivity contribution < 1.29 is 4.79 Å². The number of anilines is 1. The van der Waals surface area contributed by atoms with Crippen molar-refractivity contribution in [1.29, 1.82) is 0 Å². The van der Waals surface area contributed by atoms with E-state index in [4.69, 9.17) is 11.6 Å². The lowest BCUT2D eigenvalue weighted by molar-refractivity contribution is -0.113. The fourth-order valence-electron chi connectivity index (χ4n) is 2.33. The molecule has 0 aliphatic carbocycles. The van der Waals surface area contributed by atoms with Crippen LogP contribution in [0.1, 0.15) is 11.1 Å². The molecule has 3 aromatic rings. The first-order valence-electron chi connectivity index (χ1n) is 7.69. The summed E-state index contributed by atoms with van der Waals surface area (Å²) in [5.74, 6) is 0.159. The predicted octanol–water partition coefficient (Wildman–Crippen LogP) is 4.27. The summed E-state index contributed by atoms with van der Waals surface area (Å²) in [6.07, 6.45) is 1.61. The number of thioether (sulfide) groups is 1. The van der Waals surface area contributed by atoms with Gasteiger partial charge in [0.2, 0.25) is 5.91 Å². The zero-order valence-corrected chi connectivity index (χ0v) is 15.4. The third-order valence-electron chi connectivity index (χ3n) is 3.81. The van der Waals surface area contributed by atoms with Gasteiger partial charge in [0, 0.05) is 10.7 Å². The minimum absolute atomic E-state index is 0.0839. The van der Waals surface area contributed by atoms with Gasteiger partial charge >= 0.3 is 0 Å². The van der Waals surface area contributed by atoms with Crippen molar-refractivity contribution in [2.24, 2.45) is 0 Å². The van der Waals surface area contributed by atoms with Crippen LogP contribution in [0.5, 0.6) is 0 Å². The average Bonchev–Trinajstić information content (AvgIpc) is 3.06. The molecule has 0 aliphatic heterocycles. The van der Waals surface area contributed by atoms with Crippen LogP contribution in [-0.2, 0) is 4.79 Å². The summed E-state index contributed by atoms with van der Waals surface area (Å²) in [7, 11) is 0. The predicted molar refractivity (Wildman–Crippen MR) is 102 cm³/mol. The van der Waals surface area contributed by atoms with Gasteiger partial charge in [-0.25, -0.2) is 0 Å². The Hall–Kier alpha value is -2.31. The zero-order valence-electron chi connectivity index (χ0n) is 13.9. The summed E-state index contributed by atoms with van der Waals surface area (Å²) in [5, 5.41) is 12.2. The molecule has 1 amide bonds. The van der Waals surface area contributed by atoms with E-state index in [-0.39, 0.29) is 11.7 Å². The van der Waals surface area contributed by atoms with E-state index in [0.29, 0.717) is 10.2 Å². The molecule has 0 atom stereocenters. The molecule has 128 valence electrons. The number of rotatable bonds is 5. The molecule has 1 aromatic heterocycles. The summed E-state index contributed by atoms with van der Waals surface area (Å²) in [4.78, 5) is 12.3. The molecule has 0 saturated carbocycles. The Bertz CT molecular complexity index is 910. The Morgan fingerprint density at radius 1 is 1.24 bits per heavy atom. The van der Waals surface area contributed by atoms with Crippen LogP contribution in [0.2, 0.25) is 5.02 Å². The highest BCUT2D eigenvalue weighted by Gasteiger charge is 2.11. The lowest BCUT2D eigenvalue weighted by Gasteiger charge is -2.10. The topological polar surface area (TPSA) is 59.8 Å². The lowest BCUT2D eigenvalue weighted by atomic mass is 10.1. The summed E-state index contributed by atoms with van der Waals surface area (Å²) in [6, 6.07) is 13.3. The number of aromatic nitrogens is 3. The Morgan fingerprint density at radius 3 is 2.84 bits per heavy atom. The third kappa shape index (κ3) is 4.21. The van der Waals surface area contributed by atoms with Crippen LogP contribution in [-0.4, -0.2) is 26.4 Å². The van der Waals surface area contributed by atoms with Gasteiger partial charge in [-0.2, -0.15) is 0 Å².